The number of halogens is 3. The molecular weight excluding hydrogens is 260 g/mol. The fraction of sp³-hybridized carbons (Fsp3) is 0.0769. The van der Waals surface area contributed by atoms with Crippen molar-refractivity contribution in [1.82, 2.24) is 0 Å². The number of benzene rings is 2. The minimum atomic E-state index is -0.323. The first-order chi connectivity index (χ1) is 8.13. The van der Waals surface area contributed by atoms with Gasteiger partial charge in [0.1, 0.15) is 5.82 Å². The average Bonchev–Trinajstić information content (AvgIpc) is 2.29. The van der Waals surface area contributed by atoms with Gasteiger partial charge in [0.15, 0.2) is 0 Å². The van der Waals surface area contributed by atoms with Crippen molar-refractivity contribution in [2.45, 2.75) is 6.54 Å². The Balaban J connectivity index is 2.64. The monoisotopic (exact) mass is 269 g/mol. The summed E-state index contributed by atoms with van der Waals surface area (Å²) in [5.41, 5.74) is 7.45. The van der Waals surface area contributed by atoms with Crippen LogP contribution in [0.1, 0.15) is 5.56 Å². The third kappa shape index (κ3) is 2.44. The lowest BCUT2D eigenvalue weighted by atomic mass is 9.99. The Bertz CT molecular complexity index is 555. The third-order valence-corrected chi connectivity index (χ3v) is 3.09. The average molecular weight is 270 g/mol. The molecule has 88 valence electrons. The summed E-state index contributed by atoms with van der Waals surface area (Å²) in [6.45, 7) is 0.126. The highest BCUT2D eigenvalue weighted by Crippen LogP contribution is 2.33. The van der Waals surface area contributed by atoms with Gasteiger partial charge in [-0.05, 0) is 23.8 Å². The smallest absolute Gasteiger partial charge is 0.128 e. The van der Waals surface area contributed by atoms with Gasteiger partial charge in [0.05, 0.1) is 0 Å². The molecule has 0 saturated carbocycles. The van der Waals surface area contributed by atoms with Crippen LogP contribution in [0, 0.1) is 5.82 Å². The molecule has 0 saturated heterocycles. The van der Waals surface area contributed by atoms with E-state index in [4.69, 9.17) is 28.9 Å². The number of hydrogen-bond acceptors (Lipinski definition) is 1. The number of hydrogen-bond donors (Lipinski definition) is 1. The van der Waals surface area contributed by atoms with Crippen molar-refractivity contribution in [3.63, 3.8) is 0 Å². The predicted molar refractivity (Wildman–Crippen MR) is 69.7 cm³/mol. The second-order valence-corrected chi connectivity index (χ2v) is 4.44. The van der Waals surface area contributed by atoms with Crippen LogP contribution in [0.2, 0.25) is 10.0 Å². The first kappa shape index (κ1) is 12.4. The first-order valence-electron chi connectivity index (χ1n) is 5.06. The van der Waals surface area contributed by atoms with E-state index in [0.29, 0.717) is 21.2 Å². The summed E-state index contributed by atoms with van der Waals surface area (Å²) in [5.74, 6) is -0.323. The van der Waals surface area contributed by atoms with Crippen LogP contribution in [0.3, 0.4) is 0 Å². The fourth-order valence-corrected chi connectivity index (χ4v) is 2.24. The highest BCUT2D eigenvalue weighted by Gasteiger charge is 2.11. The number of rotatable bonds is 2. The van der Waals surface area contributed by atoms with Crippen LogP contribution in [0.4, 0.5) is 4.39 Å². The lowest BCUT2D eigenvalue weighted by molar-refractivity contribution is 0.611. The normalized spacial score (nSPS) is 10.6. The summed E-state index contributed by atoms with van der Waals surface area (Å²) in [5, 5.41) is 1.03. The maximum Gasteiger partial charge on any atom is 0.128 e. The van der Waals surface area contributed by atoms with Crippen molar-refractivity contribution in [2.75, 3.05) is 0 Å². The van der Waals surface area contributed by atoms with Crippen LogP contribution in [0.25, 0.3) is 11.1 Å². The van der Waals surface area contributed by atoms with Gasteiger partial charge in [0.2, 0.25) is 0 Å². The van der Waals surface area contributed by atoms with Crippen LogP contribution in [-0.2, 0) is 6.54 Å². The van der Waals surface area contributed by atoms with Gasteiger partial charge in [0, 0.05) is 27.7 Å². The molecule has 0 heterocycles. The van der Waals surface area contributed by atoms with E-state index >= 15 is 0 Å². The third-order valence-electron chi connectivity index (χ3n) is 2.54. The molecule has 1 nitrogen and oxygen atoms in total. The summed E-state index contributed by atoms with van der Waals surface area (Å²) in [7, 11) is 0. The van der Waals surface area contributed by atoms with Gasteiger partial charge >= 0.3 is 0 Å². The Hall–Kier alpha value is -1.09. The van der Waals surface area contributed by atoms with E-state index in [1.807, 2.05) is 0 Å². The molecule has 17 heavy (non-hydrogen) atoms. The SMILES string of the molecule is NCc1c(F)cccc1-c1ccc(Cl)cc1Cl. The minimum Gasteiger partial charge on any atom is -0.326 e. The Morgan fingerprint density at radius 1 is 1.06 bits per heavy atom. The fourth-order valence-electron chi connectivity index (χ4n) is 1.73. The maximum atomic E-state index is 13.6. The van der Waals surface area contributed by atoms with Crippen molar-refractivity contribution in [3.05, 3.63) is 57.8 Å². The summed E-state index contributed by atoms with van der Waals surface area (Å²) < 4.78 is 13.6. The molecule has 0 aliphatic heterocycles. The van der Waals surface area contributed by atoms with Gasteiger partial charge in [-0.3, -0.25) is 0 Å². The Morgan fingerprint density at radius 2 is 1.82 bits per heavy atom. The van der Waals surface area contributed by atoms with Gasteiger partial charge in [0.25, 0.3) is 0 Å². The van der Waals surface area contributed by atoms with Gasteiger partial charge in [-0.15, -0.1) is 0 Å². The predicted octanol–water partition coefficient (Wildman–Crippen LogP) is 4.26. The molecule has 0 atom stereocenters. The van der Waals surface area contributed by atoms with Gasteiger partial charge < -0.3 is 5.73 Å². The first-order valence-corrected chi connectivity index (χ1v) is 5.82. The molecule has 0 fully saturated rings. The van der Waals surface area contributed by atoms with Crippen molar-refractivity contribution in [3.8, 4) is 11.1 Å². The van der Waals surface area contributed by atoms with Crippen molar-refractivity contribution in [1.29, 1.82) is 0 Å². The molecule has 2 aromatic carbocycles. The topological polar surface area (TPSA) is 26.0 Å². The summed E-state index contributed by atoms with van der Waals surface area (Å²) >= 11 is 11.9. The Morgan fingerprint density at radius 3 is 2.47 bits per heavy atom. The molecule has 0 spiro atoms. The summed E-state index contributed by atoms with van der Waals surface area (Å²) in [6.07, 6.45) is 0. The molecule has 2 rings (SSSR count). The number of nitrogens with two attached hydrogens (primary N) is 1. The van der Waals surface area contributed by atoms with Crippen LogP contribution in [0.15, 0.2) is 36.4 Å². The van der Waals surface area contributed by atoms with Gasteiger partial charge in [-0.2, -0.15) is 0 Å². The zero-order valence-electron chi connectivity index (χ0n) is 8.88. The molecule has 2 aromatic rings. The molecule has 0 aromatic heterocycles. The van der Waals surface area contributed by atoms with Crippen LogP contribution >= 0.6 is 23.2 Å². The van der Waals surface area contributed by atoms with E-state index in [1.165, 1.54) is 6.07 Å². The second-order valence-electron chi connectivity index (χ2n) is 3.59. The molecule has 0 aliphatic rings. The van der Waals surface area contributed by atoms with E-state index in [0.717, 1.165) is 5.56 Å². The highest BCUT2D eigenvalue weighted by atomic mass is 35.5. The van der Waals surface area contributed by atoms with Gasteiger partial charge in [-0.1, -0.05) is 41.4 Å². The van der Waals surface area contributed by atoms with E-state index in [2.05, 4.69) is 0 Å². The quantitative estimate of drug-likeness (QED) is 0.866. The molecule has 0 radical (unpaired) electrons. The maximum absolute atomic E-state index is 13.6. The highest BCUT2D eigenvalue weighted by molar-refractivity contribution is 6.36. The Kier molecular flexibility index (Phi) is 3.67. The largest absolute Gasteiger partial charge is 0.326 e. The van der Waals surface area contributed by atoms with E-state index in [-0.39, 0.29) is 12.4 Å². The standard InChI is InChI=1S/C13H10Cl2FN/c14-8-4-5-10(12(15)6-8)9-2-1-3-13(16)11(9)7-17/h1-6H,7,17H2. The van der Waals surface area contributed by atoms with Crippen molar-refractivity contribution in [2.24, 2.45) is 5.73 Å². The van der Waals surface area contributed by atoms with Crippen LogP contribution < -0.4 is 5.73 Å². The summed E-state index contributed by atoms with van der Waals surface area (Å²) in [4.78, 5) is 0. The van der Waals surface area contributed by atoms with Crippen molar-refractivity contribution < 1.29 is 4.39 Å². The molecule has 4 heteroatoms. The molecular formula is C13H10Cl2FN. The van der Waals surface area contributed by atoms with E-state index in [1.54, 1.807) is 30.3 Å². The minimum absolute atomic E-state index is 0.126. The molecule has 0 bridgehead atoms. The molecule has 0 unspecified atom stereocenters. The lowest BCUT2D eigenvalue weighted by Crippen LogP contribution is -2.02. The van der Waals surface area contributed by atoms with Crippen LogP contribution in [-0.4, -0.2) is 0 Å². The molecule has 0 aliphatic carbocycles. The van der Waals surface area contributed by atoms with Crippen molar-refractivity contribution >= 4 is 23.2 Å². The second kappa shape index (κ2) is 5.05. The van der Waals surface area contributed by atoms with E-state index < -0.39 is 0 Å². The Labute approximate surface area is 109 Å². The zero-order chi connectivity index (χ0) is 12.4. The summed E-state index contributed by atoms with van der Waals surface area (Å²) in [6, 6.07) is 9.92. The van der Waals surface area contributed by atoms with Crippen LogP contribution in [0.5, 0.6) is 0 Å². The zero-order valence-corrected chi connectivity index (χ0v) is 10.4. The van der Waals surface area contributed by atoms with Gasteiger partial charge in [-0.25, -0.2) is 4.39 Å². The lowest BCUT2D eigenvalue weighted by Gasteiger charge is -2.10. The van der Waals surface area contributed by atoms with E-state index in [9.17, 15) is 4.39 Å². The molecule has 2 N–H and O–H groups in total. The molecule has 0 amide bonds.